The van der Waals surface area contributed by atoms with Crippen LogP contribution in [-0.4, -0.2) is 5.11 Å². The Morgan fingerprint density at radius 2 is 2.09 bits per heavy atom. The van der Waals surface area contributed by atoms with Gasteiger partial charge in [0.2, 0.25) is 0 Å². The van der Waals surface area contributed by atoms with E-state index in [-0.39, 0.29) is 0 Å². The number of hydrogen-bond donors (Lipinski definition) is 1. The normalized spacial score (nSPS) is 12.1. The summed E-state index contributed by atoms with van der Waals surface area (Å²) < 4.78 is 0.838. The third-order valence-corrected chi connectivity index (χ3v) is 2.08. The Morgan fingerprint density at radius 3 is 2.64 bits per heavy atom. The van der Waals surface area contributed by atoms with Crippen LogP contribution in [0.5, 0.6) is 0 Å². The van der Waals surface area contributed by atoms with Gasteiger partial charge in [0, 0.05) is 10.0 Å². The molecule has 0 amide bonds. The highest BCUT2D eigenvalue weighted by Crippen LogP contribution is 2.21. The van der Waals surface area contributed by atoms with Crippen molar-refractivity contribution >= 4 is 15.9 Å². The van der Waals surface area contributed by atoms with Gasteiger partial charge in [-0.25, -0.2) is 0 Å². The van der Waals surface area contributed by atoms with E-state index in [0.717, 1.165) is 10.0 Å². The number of hydrogen-bond acceptors (Lipinski definition) is 1. The summed E-state index contributed by atoms with van der Waals surface area (Å²) >= 11 is 3.28. The molecule has 0 saturated carbocycles. The summed E-state index contributed by atoms with van der Waals surface area (Å²) in [4.78, 5) is 0. The van der Waals surface area contributed by atoms with Gasteiger partial charge < -0.3 is 5.11 Å². The Balaban J connectivity index is 3.05. The van der Waals surface area contributed by atoms with Crippen molar-refractivity contribution in [3.63, 3.8) is 0 Å². The molecule has 11 heavy (non-hydrogen) atoms. The van der Waals surface area contributed by atoms with E-state index in [0.29, 0.717) is 0 Å². The van der Waals surface area contributed by atoms with Gasteiger partial charge in [-0.1, -0.05) is 40.0 Å². The van der Waals surface area contributed by atoms with Gasteiger partial charge in [0.05, 0.1) is 0 Å². The molecule has 0 spiro atoms. The van der Waals surface area contributed by atoms with Gasteiger partial charge in [0.25, 0.3) is 0 Å². The molecule has 1 N–H and O–H groups in total. The zero-order valence-electron chi connectivity index (χ0n) is 5.79. The lowest BCUT2D eigenvalue weighted by Gasteiger charge is -2.04. The Hall–Kier alpha value is -0.780. The van der Waals surface area contributed by atoms with Gasteiger partial charge in [-0.15, -0.1) is 6.42 Å². The standard InChI is InChI=1S/C9H7BrO/c1-2-9(11)7-5-3-4-6-8(7)10/h1,3-6,9,11H. The van der Waals surface area contributed by atoms with Crippen molar-refractivity contribution in [2.24, 2.45) is 0 Å². The van der Waals surface area contributed by atoms with E-state index in [1.807, 2.05) is 18.2 Å². The fourth-order valence-corrected chi connectivity index (χ4v) is 1.29. The lowest BCUT2D eigenvalue weighted by atomic mass is 10.1. The van der Waals surface area contributed by atoms with E-state index in [9.17, 15) is 5.11 Å². The van der Waals surface area contributed by atoms with E-state index in [1.165, 1.54) is 0 Å². The van der Waals surface area contributed by atoms with Crippen LogP contribution < -0.4 is 0 Å². The molecule has 1 unspecified atom stereocenters. The van der Waals surface area contributed by atoms with Gasteiger partial charge in [0.15, 0.2) is 0 Å². The van der Waals surface area contributed by atoms with E-state index in [2.05, 4.69) is 21.9 Å². The topological polar surface area (TPSA) is 20.2 Å². The summed E-state index contributed by atoms with van der Waals surface area (Å²) in [5.74, 6) is 2.25. The second kappa shape index (κ2) is 3.56. The first-order valence-corrected chi connectivity index (χ1v) is 3.93. The summed E-state index contributed by atoms with van der Waals surface area (Å²) in [6.07, 6.45) is 4.24. The first kappa shape index (κ1) is 8.32. The highest BCUT2D eigenvalue weighted by atomic mass is 79.9. The minimum Gasteiger partial charge on any atom is -0.376 e. The van der Waals surface area contributed by atoms with Gasteiger partial charge >= 0.3 is 0 Å². The maximum Gasteiger partial charge on any atom is 0.141 e. The first-order valence-electron chi connectivity index (χ1n) is 3.14. The maximum absolute atomic E-state index is 9.24. The maximum atomic E-state index is 9.24. The first-order chi connectivity index (χ1) is 5.25. The van der Waals surface area contributed by atoms with Crippen molar-refractivity contribution in [3.05, 3.63) is 34.3 Å². The zero-order valence-corrected chi connectivity index (χ0v) is 7.38. The molecule has 2 heteroatoms. The predicted octanol–water partition coefficient (Wildman–Crippen LogP) is 2.12. The van der Waals surface area contributed by atoms with Crippen LogP contribution in [0.2, 0.25) is 0 Å². The van der Waals surface area contributed by atoms with E-state index >= 15 is 0 Å². The summed E-state index contributed by atoms with van der Waals surface area (Å²) in [7, 11) is 0. The fraction of sp³-hybridized carbons (Fsp3) is 0.111. The van der Waals surface area contributed by atoms with Crippen molar-refractivity contribution in [2.45, 2.75) is 6.10 Å². The van der Waals surface area contributed by atoms with Crippen molar-refractivity contribution in [1.82, 2.24) is 0 Å². The SMILES string of the molecule is C#CC(O)c1ccccc1Br. The van der Waals surface area contributed by atoms with Crippen LogP contribution in [0, 0.1) is 12.3 Å². The molecule has 0 aliphatic rings. The molecule has 0 aromatic heterocycles. The molecule has 1 aromatic rings. The molecule has 1 aromatic carbocycles. The highest BCUT2D eigenvalue weighted by molar-refractivity contribution is 9.10. The quantitative estimate of drug-likeness (QED) is 0.705. The summed E-state index contributed by atoms with van der Waals surface area (Å²) in [5.41, 5.74) is 0.731. The predicted molar refractivity (Wildman–Crippen MR) is 47.9 cm³/mol. The van der Waals surface area contributed by atoms with E-state index in [4.69, 9.17) is 6.42 Å². The molecular formula is C9H7BrO. The van der Waals surface area contributed by atoms with Crippen LogP contribution in [0.4, 0.5) is 0 Å². The summed E-state index contributed by atoms with van der Waals surface area (Å²) in [5, 5.41) is 9.24. The second-order valence-electron chi connectivity index (χ2n) is 2.09. The van der Waals surface area contributed by atoms with E-state index < -0.39 is 6.10 Å². The largest absolute Gasteiger partial charge is 0.376 e. The average molecular weight is 211 g/mol. The lowest BCUT2D eigenvalue weighted by Crippen LogP contribution is -1.93. The van der Waals surface area contributed by atoms with Crippen LogP contribution in [-0.2, 0) is 0 Å². The van der Waals surface area contributed by atoms with Crippen molar-refractivity contribution in [3.8, 4) is 12.3 Å². The minimum atomic E-state index is -0.814. The Morgan fingerprint density at radius 1 is 1.45 bits per heavy atom. The third kappa shape index (κ3) is 1.83. The smallest absolute Gasteiger partial charge is 0.141 e. The second-order valence-corrected chi connectivity index (χ2v) is 2.95. The number of aliphatic hydroxyl groups excluding tert-OH is 1. The van der Waals surface area contributed by atoms with Gasteiger partial charge in [-0.3, -0.25) is 0 Å². The Labute approximate surface area is 74.2 Å². The number of halogens is 1. The third-order valence-electron chi connectivity index (χ3n) is 1.36. The molecule has 0 aliphatic carbocycles. The molecule has 0 fully saturated rings. The molecule has 56 valence electrons. The van der Waals surface area contributed by atoms with Crippen LogP contribution in [0.15, 0.2) is 28.7 Å². The molecule has 1 atom stereocenters. The molecule has 0 heterocycles. The Kier molecular flexibility index (Phi) is 2.70. The molecular weight excluding hydrogens is 204 g/mol. The van der Waals surface area contributed by atoms with Crippen molar-refractivity contribution in [1.29, 1.82) is 0 Å². The highest BCUT2D eigenvalue weighted by Gasteiger charge is 2.05. The molecule has 0 saturated heterocycles. The lowest BCUT2D eigenvalue weighted by molar-refractivity contribution is 0.238. The monoisotopic (exact) mass is 210 g/mol. The molecule has 0 aliphatic heterocycles. The summed E-state index contributed by atoms with van der Waals surface area (Å²) in [6.45, 7) is 0. The number of rotatable bonds is 1. The van der Waals surface area contributed by atoms with E-state index in [1.54, 1.807) is 6.07 Å². The van der Waals surface area contributed by atoms with Gasteiger partial charge in [-0.2, -0.15) is 0 Å². The molecule has 1 rings (SSSR count). The van der Waals surface area contributed by atoms with Crippen molar-refractivity contribution < 1.29 is 5.11 Å². The zero-order chi connectivity index (χ0) is 8.27. The number of benzene rings is 1. The van der Waals surface area contributed by atoms with Crippen LogP contribution in [0.3, 0.4) is 0 Å². The Bertz CT molecular complexity index is 288. The summed E-state index contributed by atoms with van der Waals surface area (Å²) in [6, 6.07) is 7.34. The van der Waals surface area contributed by atoms with Gasteiger partial charge in [0.1, 0.15) is 6.10 Å². The molecule has 0 radical (unpaired) electrons. The van der Waals surface area contributed by atoms with Crippen molar-refractivity contribution in [2.75, 3.05) is 0 Å². The van der Waals surface area contributed by atoms with Crippen LogP contribution in [0.1, 0.15) is 11.7 Å². The fourth-order valence-electron chi connectivity index (χ4n) is 0.787. The molecule has 1 nitrogen and oxygen atoms in total. The van der Waals surface area contributed by atoms with Gasteiger partial charge in [-0.05, 0) is 6.07 Å². The minimum absolute atomic E-state index is 0.731. The number of aliphatic hydroxyl groups is 1. The number of terminal acetylenes is 1. The average Bonchev–Trinajstić information content (AvgIpc) is 2.04. The molecule has 0 bridgehead atoms. The van der Waals surface area contributed by atoms with Crippen LogP contribution >= 0.6 is 15.9 Å². The van der Waals surface area contributed by atoms with Crippen LogP contribution in [0.25, 0.3) is 0 Å².